The zero-order valence-electron chi connectivity index (χ0n) is 10.5. The smallest absolute Gasteiger partial charge is 0.0839 e. The fraction of sp³-hybridized carbons (Fsp3) is 0.385. The lowest BCUT2D eigenvalue weighted by Gasteiger charge is -2.17. The molecule has 0 fully saturated rings. The first-order valence-corrected chi connectivity index (χ1v) is 5.85. The van der Waals surface area contributed by atoms with Gasteiger partial charge in [-0.3, -0.25) is 9.67 Å². The van der Waals surface area contributed by atoms with E-state index >= 15 is 0 Å². The highest BCUT2D eigenvalue weighted by molar-refractivity contribution is 5.32. The van der Waals surface area contributed by atoms with Crippen molar-refractivity contribution in [3.05, 3.63) is 47.5 Å². The van der Waals surface area contributed by atoms with E-state index in [0.717, 1.165) is 12.1 Å². The summed E-state index contributed by atoms with van der Waals surface area (Å²) in [6, 6.07) is 4.24. The summed E-state index contributed by atoms with van der Waals surface area (Å²) < 4.78 is 1.83. The van der Waals surface area contributed by atoms with Gasteiger partial charge >= 0.3 is 0 Å². The molecule has 0 saturated carbocycles. The molecule has 0 spiro atoms. The molecule has 0 aromatic carbocycles. The molecule has 17 heavy (non-hydrogen) atoms. The second-order valence-electron chi connectivity index (χ2n) is 4.06. The molecular weight excluding hydrogens is 212 g/mol. The van der Waals surface area contributed by atoms with E-state index in [0.29, 0.717) is 0 Å². The predicted octanol–water partition coefficient (Wildman–Crippen LogP) is 1.69. The van der Waals surface area contributed by atoms with Crippen LogP contribution in [-0.2, 0) is 13.5 Å². The van der Waals surface area contributed by atoms with E-state index in [4.69, 9.17) is 0 Å². The van der Waals surface area contributed by atoms with Crippen LogP contribution in [0, 0.1) is 0 Å². The zero-order valence-corrected chi connectivity index (χ0v) is 10.5. The molecule has 0 aliphatic heterocycles. The summed E-state index contributed by atoms with van der Waals surface area (Å²) in [6.07, 6.45) is 6.71. The summed E-state index contributed by atoms with van der Waals surface area (Å²) in [4.78, 5) is 4.18. The average molecular weight is 230 g/mol. The van der Waals surface area contributed by atoms with Crippen LogP contribution in [0.5, 0.6) is 0 Å². The van der Waals surface area contributed by atoms with Crippen molar-refractivity contribution >= 4 is 0 Å². The van der Waals surface area contributed by atoms with E-state index in [2.05, 4.69) is 28.4 Å². The third-order valence-electron chi connectivity index (χ3n) is 2.95. The van der Waals surface area contributed by atoms with Gasteiger partial charge in [0.05, 0.1) is 11.7 Å². The quantitative estimate of drug-likeness (QED) is 0.869. The number of aryl methyl sites for hydroxylation is 2. The van der Waals surface area contributed by atoms with Gasteiger partial charge in [-0.25, -0.2) is 0 Å². The highest BCUT2D eigenvalue weighted by Crippen LogP contribution is 2.23. The Morgan fingerprint density at radius 3 is 2.82 bits per heavy atom. The lowest BCUT2D eigenvalue weighted by Crippen LogP contribution is -2.20. The van der Waals surface area contributed by atoms with E-state index in [1.54, 1.807) is 0 Å². The molecule has 0 radical (unpaired) electrons. The second-order valence-corrected chi connectivity index (χ2v) is 4.06. The van der Waals surface area contributed by atoms with Gasteiger partial charge in [0.2, 0.25) is 0 Å². The number of aromatic nitrogens is 3. The molecule has 4 heteroatoms. The van der Waals surface area contributed by atoms with Crippen LogP contribution in [0.2, 0.25) is 0 Å². The van der Waals surface area contributed by atoms with Crippen LogP contribution in [0.4, 0.5) is 0 Å². The van der Waals surface area contributed by atoms with Gasteiger partial charge < -0.3 is 5.32 Å². The van der Waals surface area contributed by atoms with Gasteiger partial charge in [0.15, 0.2) is 0 Å². The van der Waals surface area contributed by atoms with Gasteiger partial charge in [-0.05, 0) is 36.7 Å². The van der Waals surface area contributed by atoms with Crippen LogP contribution in [0.25, 0.3) is 0 Å². The Hall–Kier alpha value is -1.68. The molecule has 2 heterocycles. The first-order chi connectivity index (χ1) is 8.26. The molecule has 0 aliphatic carbocycles. The zero-order chi connectivity index (χ0) is 12.3. The topological polar surface area (TPSA) is 42.7 Å². The Balaban J connectivity index is 2.41. The van der Waals surface area contributed by atoms with Gasteiger partial charge in [-0.15, -0.1) is 0 Å². The third kappa shape index (κ3) is 2.36. The number of nitrogens with one attached hydrogen (secondary N) is 1. The van der Waals surface area contributed by atoms with Crippen LogP contribution < -0.4 is 5.32 Å². The summed E-state index contributed by atoms with van der Waals surface area (Å²) in [6.45, 7) is 2.14. The van der Waals surface area contributed by atoms with Crippen molar-refractivity contribution in [2.24, 2.45) is 7.05 Å². The minimum Gasteiger partial charge on any atom is -0.308 e. The summed E-state index contributed by atoms with van der Waals surface area (Å²) in [5.41, 5.74) is 3.55. The number of rotatable bonds is 4. The van der Waals surface area contributed by atoms with Gasteiger partial charge in [0.1, 0.15) is 0 Å². The molecule has 2 aromatic rings. The van der Waals surface area contributed by atoms with E-state index < -0.39 is 0 Å². The van der Waals surface area contributed by atoms with Gasteiger partial charge in [-0.2, -0.15) is 5.10 Å². The molecule has 4 nitrogen and oxygen atoms in total. The fourth-order valence-corrected chi connectivity index (χ4v) is 2.06. The van der Waals surface area contributed by atoms with Crippen molar-refractivity contribution < 1.29 is 0 Å². The summed E-state index contributed by atoms with van der Waals surface area (Å²) in [5, 5.41) is 7.79. The molecule has 0 aliphatic rings. The van der Waals surface area contributed by atoms with E-state index in [1.165, 1.54) is 11.1 Å². The van der Waals surface area contributed by atoms with E-state index in [-0.39, 0.29) is 6.04 Å². The number of hydrogen-bond donors (Lipinski definition) is 1. The molecule has 1 atom stereocenters. The Bertz CT molecular complexity index is 490. The third-order valence-corrected chi connectivity index (χ3v) is 2.95. The highest BCUT2D eigenvalue weighted by Gasteiger charge is 2.17. The Morgan fingerprint density at radius 2 is 2.24 bits per heavy atom. The molecule has 1 unspecified atom stereocenters. The molecule has 2 rings (SSSR count). The van der Waals surface area contributed by atoms with Crippen LogP contribution in [0.15, 0.2) is 30.7 Å². The molecular formula is C13H18N4. The normalized spacial score (nSPS) is 12.6. The summed E-state index contributed by atoms with van der Waals surface area (Å²) >= 11 is 0. The minimum atomic E-state index is 0.133. The molecule has 90 valence electrons. The van der Waals surface area contributed by atoms with Crippen molar-refractivity contribution in [1.29, 1.82) is 0 Å². The van der Waals surface area contributed by atoms with Crippen LogP contribution in [0.3, 0.4) is 0 Å². The molecule has 0 bridgehead atoms. The van der Waals surface area contributed by atoms with Crippen molar-refractivity contribution in [1.82, 2.24) is 20.1 Å². The average Bonchev–Trinajstić information content (AvgIpc) is 2.77. The fourth-order valence-electron chi connectivity index (χ4n) is 2.06. The summed E-state index contributed by atoms with van der Waals surface area (Å²) in [5.74, 6) is 0. The highest BCUT2D eigenvalue weighted by atomic mass is 15.3. The first-order valence-electron chi connectivity index (χ1n) is 5.85. The Morgan fingerprint density at radius 1 is 1.41 bits per heavy atom. The van der Waals surface area contributed by atoms with Gasteiger partial charge in [0, 0.05) is 25.6 Å². The number of hydrogen-bond acceptors (Lipinski definition) is 3. The van der Waals surface area contributed by atoms with Crippen molar-refractivity contribution in [3.63, 3.8) is 0 Å². The Labute approximate surface area is 102 Å². The van der Waals surface area contributed by atoms with Crippen LogP contribution in [-0.4, -0.2) is 21.8 Å². The molecule has 0 amide bonds. The second kappa shape index (κ2) is 5.10. The monoisotopic (exact) mass is 230 g/mol. The molecule has 1 N–H and O–H groups in total. The molecule has 2 aromatic heterocycles. The number of nitrogens with zero attached hydrogens (tertiary/aromatic N) is 3. The van der Waals surface area contributed by atoms with Gasteiger partial charge in [0.25, 0.3) is 0 Å². The van der Waals surface area contributed by atoms with Crippen molar-refractivity contribution in [2.75, 3.05) is 7.05 Å². The standard InChI is InChI=1S/C13H18N4/c1-4-10-9-15-7-5-11(10)13(14-2)12-6-8-17(3)16-12/h5-9,13-14H,4H2,1-3H3. The summed E-state index contributed by atoms with van der Waals surface area (Å²) in [7, 11) is 3.89. The van der Waals surface area contributed by atoms with E-state index in [9.17, 15) is 0 Å². The van der Waals surface area contributed by atoms with Crippen LogP contribution in [0.1, 0.15) is 29.8 Å². The Kier molecular flexibility index (Phi) is 3.54. The largest absolute Gasteiger partial charge is 0.308 e. The van der Waals surface area contributed by atoms with E-state index in [1.807, 2.05) is 43.4 Å². The van der Waals surface area contributed by atoms with Crippen molar-refractivity contribution in [2.45, 2.75) is 19.4 Å². The maximum Gasteiger partial charge on any atom is 0.0839 e. The maximum absolute atomic E-state index is 4.47. The minimum absolute atomic E-state index is 0.133. The first kappa shape index (κ1) is 11.8. The lowest BCUT2D eigenvalue weighted by molar-refractivity contribution is 0.636. The lowest BCUT2D eigenvalue weighted by atomic mass is 9.99. The predicted molar refractivity (Wildman–Crippen MR) is 67.7 cm³/mol. The maximum atomic E-state index is 4.47. The number of pyridine rings is 1. The van der Waals surface area contributed by atoms with Crippen molar-refractivity contribution in [3.8, 4) is 0 Å². The molecule has 0 saturated heterocycles. The SMILES string of the molecule is CCc1cnccc1C(NC)c1ccn(C)n1. The van der Waals surface area contributed by atoms with Gasteiger partial charge in [-0.1, -0.05) is 6.92 Å². The van der Waals surface area contributed by atoms with Crippen LogP contribution >= 0.6 is 0 Å².